The average molecular weight is 280 g/mol. The quantitative estimate of drug-likeness (QED) is 0.701. The lowest BCUT2D eigenvalue weighted by Gasteiger charge is -2.30. The van der Waals surface area contributed by atoms with Crippen LogP contribution in [-0.4, -0.2) is 51.1 Å². The van der Waals surface area contributed by atoms with Gasteiger partial charge in [-0.25, -0.2) is 14.8 Å². The molecule has 0 radical (unpaired) electrons. The minimum atomic E-state index is -0.992. The molecule has 0 saturated carbocycles. The summed E-state index contributed by atoms with van der Waals surface area (Å²) in [6.07, 6.45) is 2.71. The van der Waals surface area contributed by atoms with E-state index in [1.54, 1.807) is 0 Å². The van der Waals surface area contributed by atoms with E-state index in [2.05, 4.69) is 47.9 Å². The molecular formula is C14H24N4O2. The minimum absolute atomic E-state index is 0.157. The zero-order valence-corrected chi connectivity index (χ0v) is 12.6. The van der Waals surface area contributed by atoms with Crippen molar-refractivity contribution in [1.29, 1.82) is 0 Å². The molecule has 6 nitrogen and oxygen atoms in total. The third-order valence-corrected chi connectivity index (χ3v) is 3.19. The van der Waals surface area contributed by atoms with Crippen LogP contribution in [0.25, 0.3) is 0 Å². The normalized spacial score (nSPS) is 11.6. The topological polar surface area (TPSA) is 78.3 Å². The third kappa shape index (κ3) is 4.86. The van der Waals surface area contributed by atoms with E-state index in [1.807, 2.05) is 0 Å². The number of aromatic nitrogens is 2. The molecule has 1 aromatic heterocycles. The fraction of sp³-hybridized carbons (Fsp3) is 0.643. The van der Waals surface area contributed by atoms with Gasteiger partial charge in [0, 0.05) is 37.9 Å². The van der Waals surface area contributed by atoms with Crippen molar-refractivity contribution in [1.82, 2.24) is 20.2 Å². The summed E-state index contributed by atoms with van der Waals surface area (Å²) in [5, 5.41) is 12.3. The summed E-state index contributed by atoms with van der Waals surface area (Å²) in [5.74, 6) is -0.992. The highest BCUT2D eigenvalue weighted by molar-refractivity contribution is 5.88. The Balaban J connectivity index is 2.47. The second-order valence-corrected chi connectivity index (χ2v) is 5.29. The fourth-order valence-corrected chi connectivity index (χ4v) is 2.20. The van der Waals surface area contributed by atoms with E-state index >= 15 is 0 Å². The lowest BCUT2D eigenvalue weighted by atomic mass is 10.2. The summed E-state index contributed by atoms with van der Waals surface area (Å²) in [7, 11) is 0. The summed E-state index contributed by atoms with van der Waals surface area (Å²) < 4.78 is 0. The van der Waals surface area contributed by atoms with E-state index in [9.17, 15) is 4.79 Å². The number of rotatable bonds is 8. The van der Waals surface area contributed by atoms with Crippen LogP contribution in [0.4, 0.5) is 0 Å². The molecule has 0 unspecified atom stereocenters. The van der Waals surface area contributed by atoms with Crippen LogP contribution in [0.3, 0.4) is 0 Å². The predicted molar refractivity (Wildman–Crippen MR) is 77.7 cm³/mol. The van der Waals surface area contributed by atoms with Gasteiger partial charge in [0.05, 0.1) is 5.69 Å². The molecule has 0 fully saturated rings. The molecule has 0 bridgehead atoms. The Kier molecular flexibility index (Phi) is 6.54. The molecule has 2 N–H and O–H groups in total. The first-order chi connectivity index (χ1) is 9.43. The molecule has 1 aromatic rings. The van der Waals surface area contributed by atoms with E-state index in [0.29, 0.717) is 24.3 Å². The van der Waals surface area contributed by atoms with Gasteiger partial charge in [-0.05, 0) is 27.7 Å². The van der Waals surface area contributed by atoms with Crippen molar-refractivity contribution in [3.8, 4) is 0 Å². The van der Waals surface area contributed by atoms with Crippen LogP contribution in [0.15, 0.2) is 12.5 Å². The molecule has 0 aliphatic carbocycles. The van der Waals surface area contributed by atoms with E-state index in [1.165, 1.54) is 12.5 Å². The van der Waals surface area contributed by atoms with E-state index in [4.69, 9.17) is 5.11 Å². The molecule has 0 saturated heterocycles. The van der Waals surface area contributed by atoms with Crippen molar-refractivity contribution in [2.24, 2.45) is 0 Å². The Morgan fingerprint density at radius 2 is 2.00 bits per heavy atom. The highest BCUT2D eigenvalue weighted by atomic mass is 16.4. The van der Waals surface area contributed by atoms with Crippen LogP contribution in [0.2, 0.25) is 0 Å². The van der Waals surface area contributed by atoms with Crippen LogP contribution in [0.5, 0.6) is 0 Å². The zero-order valence-electron chi connectivity index (χ0n) is 12.6. The molecule has 0 aliphatic rings. The standard InChI is InChI=1S/C14H24N4O2/c1-10(2)18(11(3)4)6-5-15-8-13-12(14(19)20)7-16-9-17-13/h7,9-11,15H,5-6,8H2,1-4H3,(H,19,20). The molecule has 1 heterocycles. The fourth-order valence-electron chi connectivity index (χ4n) is 2.20. The highest BCUT2D eigenvalue weighted by Gasteiger charge is 2.13. The van der Waals surface area contributed by atoms with Gasteiger partial charge >= 0.3 is 5.97 Å². The smallest absolute Gasteiger partial charge is 0.339 e. The van der Waals surface area contributed by atoms with Gasteiger partial charge in [0.15, 0.2) is 0 Å². The number of nitrogens with one attached hydrogen (secondary N) is 1. The molecule has 0 spiro atoms. The Labute approximate surface area is 120 Å². The van der Waals surface area contributed by atoms with E-state index in [-0.39, 0.29) is 5.56 Å². The molecule has 0 amide bonds. The lowest BCUT2D eigenvalue weighted by Crippen LogP contribution is -2.41. The first-order valence-electron chi connectivity index (χ1n) is 6.92. The summed E-state index contributed by atoms with van der Waals surface area (Å²) in [6.45, 7) is 10.8. The average Bonchev–Trinajstić information content (AvgIpc) is 2.37. The highest BCUT2D eigenvalue weighted by Crippen LogP contribution is 2.05. The number of nitrogens with zero attached hydrogens (tertiary/aromatic N) is 3. The second kappa shape index (κ2) is 7.91. The summed E-state index contributed by atoms with van der Waals surface area (Å²) in [5.41, 5.74) is 0.678. The molecule has 20 heavy (non-hydrogen) atoms. The number of carboxylic acids is 1. The van der Waals surface area contributed by atoms with Gasteiger partial charge in [0.2, 0.25) is 0 Å². The largest absolute Gasteiger partial charge is 0.478 e. The Bertz CT molecular complexity index is 427. The summed E-state index contributed by atoms with van der Waals surface area (Å²) in [4.78, 5) is 21.2. The van der Waals surface area contributed by atoms with Crippen LogP contribution in [0, 0.1) is 0 Å². The predicted octanol–water partition coefficient (Wildman–Crippen LogP) is 1.38. The molecule has 6 heteroatoms. The van der Waals surface area contributed by atoms with Crippen molar-refractivity contribution >= 4 is 5.97 Å². The lowest BCUT2D eigenvalue weighted by molar-refractivity contribution is 0.0694. The molecule has 0 aromatic carbocycles. The Morgan fingerprint density at radius 1 is 1.35 bits per heavy atom. The van der Waals surface area contributed by atoms with Gasteiger partial charge in [-0.15, -0.1) is 0 Å². The monoisotopic (exact) mass is 280 g/mol. The minimum Gasteiger partial charge on any atom is -0.478 e. The van der Waals surface area contributed by atoms with Crippen molar-refractivity contribution in [2.45, 2.75) is 46.3 Å². The van der Waals surface area contributed by atoms with Crippen molar-refractivity contribution in [3.05, 3.63) is 23.8 Å². The van der Waals surface area contributed by atoms with Crippen LogP contribution in [0.1, 0.15) is 43.7 Å². The SMILES string of the molecule is CC(C)N(CCNCc1ncncc1C(=O)O)C(C)C. The number of hydrogen-bond acceptors (Lipinski definition) is 5. The molecule has 1 rings (SSSR count). The first kappa shape index (κ1) is 16.5. The van der Waals surface area contributed by atoms with Gasteiger partial charge in [0.25, 0.3) is 0 Å². The number of carbonyl (C=O) groups is 1. The van der Waals surface area contributed by atoms with Crippen molar-refractivity contribution in [3.63, 3.8) is 0 Å². The number of aromatic carboxylic acids is 1. The first-order valence-corrected chi connectivity index (χ1v) is 6.92. The van der Waals surface area contributed by atoms with Gasteiger partial charge in [-0.3, -0.25) is 4.90 Å². The number of hydrogen-bond donors (Lipinski definition) is 2. The Hall–Kier alpha value is -1.53. The van der Waals surface area contributed by atoms with E-state index in [0.717, 1.165) is 13.1 Å². The van der Waals surface area contributed by atoms with Crippen molar-refractivity contribution in [2.75, 3.05) is 13.1 Å². The van der Waals surface area contributed by atoms with Gasteiger partial charge in [0.1, 0.15) is 11.9 Å². The van der Waals surface area contributed by atoms with Crippen LogP contribution < -0.4 is 5.32 Å². The summed E-state index contributed by atoms with van der Waals surface area (Å²) in [6, 6.07) is 0.982. The second-order valence-electron chi connectivity index (χ2n) is 5.29. The maximum atomic E-state index is 11.0. The number of carboxylic acid groups (broad SMARTS) is 1. The maximum absolute atomic E-state index is 11.0. The molecule has 0 atom stereocenters. The summed E-state index contributed by atoms with van der Waals surface area (Å²) >= 11 is 0. The van der Waals surface area contributed by atoms with Crippen molar-refractivity contribution < 1.29 is 9.90 Å². The van der Waals surface area contributed by atoms with Gasteiger partial charge in [-0.1, -0.05) is 0 Å². The third-order valence-electron chi connectivity index (χ3n) is 3.19. The Morgan fingerprint density at radius 3 is 2.55 bits per heavy atom. The molecule has 0 aliphatic heterocycles. The zero-order chi connectivity index (χ0) is 15.1. The molecular weight excluding hydrogens is 256 g/mol. The van der Waals surface area contributed by atoms with Crippen LogP contribution >= 0.6 is 0 Å². The van der Waals surface area contributed by atoms with Gasteiger partial charge in [-0.2, -0.15) is 0 Å². The van der Waals surface area contributed by atoms with Gasteiger partial charge < -0.3 is 10.4 Å². The van der Waals surface area contributed by atoms with Crippen LogP contribution in [-0.2, 0) is 6.54 Å². The van der Waals surface area contributed by atoms with E-state index < -0.39 is 5.97 Å². The molecule has 112 valence electrons. The maximum Gasteiger partial charge on any atom is 0.339 e.